The molecule has 1 aromatic heterocycles. The number of nitrogens with zero attached hydrogens (tertiary/aromatic N) is 2. The number of carbonyl (C=O) groups is 1. The highest BCUT2D eigenvalue weighted by Gasteiger charge is 2.28. The number of carbonyl (C=O) groups excluding carboxylic acids is 1. The van der Waals surface area contributed by atoms with E-state index < -0.39 is 0 Å². The van der Waals surface area contributed by atoms with Crippen LogP contribution in [0.5, 0.6) is 0 Å². The van der Waals surface area contributed by atoms with Crippen molar-refractivity contribution in [1.29, 1.82) is 0 Å². The third kappa shape index (κ3) is 4.06. The zero-order valence-electron chi connectivity index (χ0n) is 12.0. The van der Waals surface area contributed by atoms with Gasteiger partial charge in [0.1, 0.15) is 11.0 Å². The quantitative estimate of drug-likeness (QED) is 0.804. The number of pyridine rings is 1. The maximum atomic E-state index is 12.6. The summed E-state index contributed by atoms with van der Waals surface area (Å²) in [4.78, 5) is 18.4. The summed E-state index contributed by atoms with van der Waals surface area (Å²) in [6, 6.07) is 2.92. The molecule has 2 rings (SSSR count). The second-order valence-electron chi connectivity index (χ2n) is 4.90. The first-order chi connectivity index (χ1) is 10.2. The number of amides is 1. The molecule has 6 nitrogen and oxygen atoms in total. The molecular weight excluding hydrogens is 294 g/mol. The minimum atomic E-state index is -0.315. The first-order valence-corrected chi connectivity index (χ1v) is 7.44. The minimum absolute atomic E-state index is 0.120. The average molecular weight is 314 g/mol. The zero-order valence-corrected chi connectivity index (χ0v) is 12.8. The molecule has 1 aliphatic rings. The fourth-order valence-electron chi connectivity index (χ4n) is 2.20. The number of nitrogens with one attached hydrogen (secondary N) is 1. The van der Waals surface area contributed by atoms with Crippen molar-refractivity contribution in [2.75, 3.05) is 38.2 Å². The third-order valence-corrected chi connectivity index (χ3v) is 3.49. The molecule has 1 fully saturated rings. The van der Waals surface area contributed by atoms with Crippen LogP contribution in [0.2, 0.25) is 5.15 Å². The topological polar surface area (TPSA) is 74.7 Å². The molecule has 0 aromatic carbocycles. The van der Waals surface area contributed by atoms with Crippen molar-refractivity contribution in [1.82, 2.24) is 9.88 Å². The van der Waals surface area contributed by atoms with Gasteiger partial charge in [0.15, 0.2) is 0 Å². The van der Waals surface area contributed by atoms with Crippen molar-refractivity contribution in [3.05, 3.63) is 22.8 Å². The summed E-state index contributed by atoms with van der Waals surface area (Å²) in [6.45, 7) is 3.97. The number of aliphatic hydroxyl groups is 1. The molecule has 1 unspecified atom stereocenters. The zero-order chi connectivity index (χ0) is 15.2. The number of aliphatic hydroxyl groups excluding tert-OH is 1. The van der Waals surface area contributed by atoms with Crippen LogP contribution in [0, 0.1) is 0 Å². The van der Waals surface area contributed by atoms with Crippen molar-refractivity contribution >= 4 is 23.3 Å². The fraction of sp³-hybridized carbons (Fsp3) is 0.571. The number of anilines is 1. The van der Waals surface area contributed by atoms with Gasteiger partial charge in [-0.3, -0.25) is 4.79 Å². The predicted octanol–water partition coefficient (Wildman–Crippen LogP) is 1.39. The summed E-state index contributed by atoms with van der Waals surface area (Å²) < 4.78 is 5.29. The molecule has 1 saturated heterocycles. The molecule has 0 bridgehead atoms. The standard InChI is InChI=1S/C14H20ClN3O3/c1-2-3-16-13-7-10(6-12(15)17-13)14(20)18-4-5-21-9-11(18)8-19/h6-7,11,19H,2-5,8-9H2,1H3,(H,16,17). The van der Waals surface area contributed by atoms with Gasteiger partial charge in [-0.1, -0.05) is 18.5 Å². The second kappa shape index (κ2) is 7.59. The number of morpholine rings is 1. The summed E-state index contributed by atoms with van der Waals surface area (Å²) in [5.74, 6) is 0.419. The fourth-order valence-corrected chi connectivity index (χ4v) is 2.41. The van der Waals surface area contributed by atoms with Crippen LogP contribution in [0.15, 0.2) is 12.1 Å². The van der Waals surface area contributed by atoms with Crippen molar-refractivity contribution in [2.24, 2.45) is 0 Å². The van der Waals surface area contributed by atoms with Gasteiger partial charge >= 0.3 is 0 Å². The first-order valence-electron chi connectivity index (χ1n) is 7.06. The first kappa shape index (κ1) is 16.0. The minimum Gasteiger partial charge on any atom is -0.394 e. The molecule has 0 saturated carbocycles. The van der Waals surface area contributed by atoms with Crippen molar-refractivity contribution < 1.29 is 14.6 Å². The van der Waals surface area contributed by atoms with E-state index in [1.165, 1.54) is 0 Å². The van der Waals surface area contributed by atoms with E-state index in [9.17, 15) is 9.90 Å². The molecule has 0 aliphatic carbocycles. The molecule has 116 valence electrons. The highest BCUT2D eigenvalue weighted by atomic mass is 35.5. The van der Waals surface area contributed by atoms with Gasteiger partial charge in [0, 0.05) is 18.7 Å². The maximum Gasteiger partial charge on any atom is 0.254 e. The number of halogens is 1. The largest absolute Gasteiger partial charge is 0.394 e. The lowest BCUT2D eigenvalue weighted by Gasteiger charge is -2.34. The van der Waals surface area contributed by atoms with Crippen LogP contribution in [-0.4, -0.2) is 59.8 Å². The molecule has 1 aliphatic heterocycles. The van der Waals surface area contributed by atoms with Crippen LogP contribution in [0.1, 0.15) is 23.7 Å². The summed E-state index contributed by atoms with van der Waals surface area (Å²) in [5, 5.41) is 12.7. The van der Waals surface area contributed by atoms with Crippen LogP contribution >= 0.6 is 11.6 Å². The highest BCUT2D eigenvalue weighted by Crippen LogP contribution is 2.18. The molecule has 2 N–H and O–H groups in total. The normalized spacial score (nSPS) is 18.6. The van der Waals surface area contributed by atoms with Crippen LogP contribution < -0.4 is 5.32 Å². The van der Waals surface area contributed by atoms with E-state index in [4.69, 9.17) is 16.3 Å². The van der Waals surface area contributed by atoms with E-state index in [1.807, 2.05) is 6.92 Å². The van der Waals surface area contributed by atoms with Crippen LogP contribution in [0.25, 0.3) is 0 Å². The SMILES string of the molecule is CCCNc1cc(C(=O)N2CCOCC2CO)cc(Cl)n1. The van der Waals surface area contributed by atoms with Crippen molar-refractivity contribution in [3.8, 4) is 0 Å². The Hall–Kier alpha value is -1.37. The van der Waals surface area contributed by atoms with Gasteiger partial charge in [-0.25, -0.2) is 4.98 Å². The van der Waals surface area contributed by atoms with Gasteiger partial charge in [-0.05, 0) is 18.6 Å². The molecule has 7 heteroatoms. The van der Waals surface area contributed by atoms with Gasteiger partial charge in [0.25, 0.3) is 5.91 Å². The molecule has 0 spiro atoms. The average Bonchev–Trinajstić information content (AvgIpc) is 2.51. The number of aromatic nitrogens is 1. The summed E-state index contributed by atoms with van der Waals surface area (Å²) in [6.07, 6.45) is 0.952. The Balaban J connectivity index is 2.19. The Kier molecular flexibility index (Phi) is 5.78. The lowest BCUT2D eigenvalue weighted by atomic mass is 10.1. The van der Waals surface area contributed by atoms with E-state index in [0.29, 0.717) is 31.1 Å². The Morgan fingerprint density at radius 1 is 1.62 bits per heavy atom. The van der Waals surface area contributed by atoms with Crippen LogP contribution in [-0.2, 0) is 4.74 Å². The second-order valence-corrected chi connectivity index (χ2v) is 5.29. The summed E-state index contributed by atoms with van der Waals surface area (Å²) in [5.41, 5.74) is 0.467. The van der Waals surface area contributed by atoms with E-state index in [1.54, 1.807) is 17.0 Å². The van der Waals surface area contributed by atoms with Crippen LogP contribution in [0.3, 0.4) is 0 Å². The molecule has 1 atom stereocenters. The smallest absolute Gasteiger partial charge is 0.254 e. The van der Waals surface area contributed by atoms with Gasteiger partial charge < -0.3 is 20.1 Å². The highest BCUT2D eigenvalue weighted by molar-refractivity contribution is 6.29. The van der Waals surface area contributed by atoms with Gasteiger partial charge in [-0.2, -0.15) is 0 Å². The Morgan fingerprint density at radius 2 is 2.43 bits per heavy atom. The van der Waals surface area contributed by atoms with Crippen molar-refractivity contribution in [2.45, 2.75) is 19.4 Å². The maximum absolute atomic E-state index is 12.6. The number of hydrogen-bond acceptors (Lipinski definition) is 5. The Morgan fingerprint density at radius 3 is 3.14 bits per heavy atom. The summed E-state index contributed by atoms with van der Waals surface area (Å²) in [7, 11) is 0. The van der Waals surface area contributed by atoms with E-state index in [0.717, 1.165) is 13.0 Å². The van der Waals surface area contributed by atoms with Gasteiger partial charge in [0.05, 0.1) is 25.9 Å². The summed E-state index contributed by atoms with van der Waals surface area (Å²) >= 11 is 5.99. The molecule has 0 radical (unpaired) electrons. The van der Waals surface area contributed by atoms with Crippen LogP contribution in [0.4, 0.5) is 5.82 Å². The third-order valence-electron chi connectivity index (χ3n) is 3.30. The Bertz CT molecular complexity index is 498. The monoisotopic (exact) mass is 313 g/mol. The number of ether oxygens (including phenoxy) is 1. The van der Waals surface area contributed by atoms with Gasteiger partial charge in [-0.15, -0.1) is 0 Å². The number of hydrogen-bond donors (Lipinski definition) is 2. The molecule has 21 heavy (non-hydrogen) atoms. The number of rotatable bonds is 5. The molecular formula is C14H20ClN3O3. The lowest BCUT2D eigenvalue weighted by molar-refractivity contribution is -0.0183. The Labute approximate surface area is 129 Å². The van der Waals surface area contributed by atoms with E-state index >= 15 is 0 Å². The molecule has 2 heterocycles. The predicted molar refractivity (Wildman–Crippen MR) is 80.8 cm³/mol. The van der Waals surface area contributed by atoms with Gasteiger partial charge in [0.2, 0.25) is 0 Å². The van der Waals surface area contributed by atoms with E-state index in [2.05, 4.69) is 10.3 Å². The molecule has 1 amide bonds. The van der Waals surface area contributed by atoms with Crippen molar-refractivity contribution in [3.63, 3.8) is 0 Å². The lowest BCUT2D eigenvalue weighted by Crippen LogP contribution is -2.50. The van der Waals surface area contributed by atoms with E-state index in [-0.39, 0.29) is 23.7 Å². The molecule has 1 aromatic rings.